The average molecular weight is 466 g/mol. The normalized spacial score (nSPS) is 16.0. The Bertz CT molecular complexity index is 1430. The highest BCUT2D eigenvalue weighted by molar-refractivity contribution is 6.03. The SMILES string of the molecule is CN1CCn2c(cc3c(-c4cncc(-c5ccc(C(=O)N6CCCCC6)cc5)c4)ccnc32)C1=O. The minimum atomic E-state index is 0.0197. The number of likely N-dealkylation sites (N-methyl/N-ethyl adjacent to an activating group) is 1. The first-order valence-corrected chi connectivity index (χ1v) is 12.2. The first kappa shape index (κ1) is 21.5. The summed E-state index contributed by atoms with van der Waals surface area (Å²) < 4.78 is 2.01. The minimum Gasteiger partial charge on any atom is -0.339 e. The molecule has 4 aromatic rings. The number of piperidine rings is 1. The number of aromatic nitrogens is 3. The van der Waals surface area contributed by atoms with Crippen molar-refractivity contribution >= 4 is 22.8 Å². The average Bonchev–Trinajstić information content (AvgIpc) is 3.30. The van der Waals surface area contributed by atoms with Crippen LogP contribution in [0.25, 0.3) is 33.3 Å². The lowest BCUT2D eigenvalue weighted by atomic mass is 9.99. The predicted octanol–water partition coefficient (Wildman–Crippen LogP) is 4.48. The molecule has 0 atom stereocenters. The van der Waals surface area contributed by atoms with E-state index in [1.165, 1.54) is 6.42 Å². The summed E-state index contributed by atoms with van der Waals surface area (Å²) in [6, 6.07) is 13.8. The highest BCUT2D eigenvalue weighted by Crippen LogP contribution is 2.33. The Morgan fingerprint density at radius 2 is 1.63 bits per heavy atom. The molecule has 0 N–H and O–H groups in total. The molecule has 5 heterocycles. The van der Waals surface area contributed by atoms with Crippen molar-refractivity contribution in [1.82, 2.24) is 24.3 Å². The first-order chi connectivity index (χ1) is 17.1. The summed E-state index contributed by atoms with van der Waals surface area (Å²) in [4.78, 5) is 38.3. The molecule has 35 heavy (non-hydrogen) atoms. The van der Waals surface area contributed by atoms with E-state index in [-0.39, 0.29) is 11.8 Å². The Hall–Kier alpha value is -4.00. The largest absolute Gasteiger partial charge is 0.339 e. The quantitative estimate of drug-likeness (QED) is 0.447. The molecule has 2 aliphatic heterocycles. The van der Waals surface area contributed by atoms with Crippen molar-refractivity contribution in [3.63, 3.8) is 0 Å². The van der Waals surface area contributed by atoms with E-state index in [0.29, 0.717) is 12.2 Å². The van der Waals surface area contributed by atoms with Crippen molar-refractivity contribution in [2.24, 2.45) is 0 Å². The maximum Gasteiger partial charge on any atom is 0.270 e. The Balaban J connectivity index is 1.33. The van der Waals surface area contributed by atoms with Crippen LogP contribution in [0.15, 0.2) is 61.1 Å². The van der Waals surface area contributed by atoms with Crippen LogP contribution in [0.4, 0.5) is 0 Å². The number of fused-ring (bicyclic) bond motifs is 3. The zero-order valence-corrected chi connectivity index (χ0v) is 19.8. The van der Waals surface area contributed by atoms with E-state index in [4.69, 9.17) is 0 Å². The van der Waals surface area contributed by atoms with Crippen LogP contribution in [0.1, 0.15) is 40.1 Å². The highest BCUT2D eigenvalue weighted by Gasteiger charge is 2.25. The van der Waals surface area contributed by atoms with E-state index >= 15 is 0 Å². The molecule has 3 aromatic heterocycles. The van der Waals surface area contributed by atoms with Gasteiger partial charge in [-0.05, 0) is 60.7 Å². The molecule has 1 saturated heterocycles. The standard InChI is InChI=1S/C28H27N5O2/c1-31-13-14-33-25(28(31)35)16-24-23(9-10-30-26(24)33)22-15-21(17-29-18-22)19-5-7-20(8-6-19)27(34)32-11-3-2-4-12-32/h5-10,15-18H,2-4,11-14H2,1H3. The second kappa shape index (κ2) is 8.65. The fourth-order valence-electron chi connectivity index (χ4n) is 5.18. The van der Waals surface area contributed by atoms with Gasteiger partial charge in [-0.2, -0.15) is 0 Å². The summed E-state index contributed by atoms with van der Waals surface area (Å²) in [5, 5.41) is 0.951. The fraction of sp³-hybridized carbons (Fsp3) is 0.286. The van der Waals surface area contributed by atoms with Gasteiger partial charge >= 0.3 is 0 Å². The number of likely N-dealkylation sites (tertiary alicyclic amines) is 1. The molecule has 176 valence electrons. The van der Waals surface area contributed by atoms with Crippen LogP contribution in [0, 0.1) is 0 Å². The van der Waals surface area contributed by atoms with Gasteiger partial charge in [0.15, 0.2) is 0 Å². The molecular weight excluding hydrogens is 438 g/mol. The Morgan fingerprint density at radius 3 is 2.43 bits per heavy atom. The summed E-state index contributed by atoms with van der Waals surface area (Å²) in [6.45, 7) is 3.10. The minimum absolute atomic E-state index is 0.0197. The molecule has 2 amide bonds. The van der Waals surface area contributed by atoms with Crippen molar-refractivity contribution in [3.05, 3.63) is 72.3 Å². The summed E-state index contributed by atoms with van der Waals surface area (Å²) >= 11 is 0. The van der Waals surface area contributed by atoms with Crippen molar-refractivity contribution < 1.29 is 9.59 Å². The number of hydrogen-bond acceptors (Lipinski definition) is 4. The Labute approximate surface area is 204 Å². The van der Waals surface area contributed by atoms with Gasteiger partial charge in [-0.25, -0.2) is 4.98 Å². The molecular formula is C28H27N5O2. The zero-order chi connectivity index (χ0) is 23.9. The van der Waals surface area contributed by atoms with Crippen LogP contribution in [0.5, 0.6) is 0 Å². The zero-order valence-electron chi connectivity index (χ0n) is 19.8. The van der Waals surface area contributed by atoms with Gasteiger partial charge in [0.25, 0.3) is 11.8 Å². The maximum absolute atomic E-state index is 12.8. The monoisotopic (exact) mass is 465 g/mol. The van der Waals surface area contributed by atoms with Gasteiger partial charge in [-0.3, -0.25) is 14.6 Å². The number of benzene rings is 1. The van der Waals surface area contributed by atoms with Crippen LogP contribution in [-0.4, -0.2) is 62.8 Å². The summed E-state index contributed by atoms with van der Waals surface area (Å²) in [6.07, 6.45) is 8.85. The van der Waals surface area contributed by atoms with E-state index in [0.717, 1.165) is 71.3 Å². The Kier molecular flexibility index (Phi) is 5.32. The van der Waals surface area contributed by atoms with Crippen molar-refractivity contribution in [1.29, 1.82) is 0 Å². The van der Waals surface area contributed by atoms with E-state index in [1.807, 2.05) is 65.3 Å². The lowest BCUT2D eigenvalue weighted by Crippen LogP contribution is -2.36. The number of carbonyl (C=O) groups is 2. The van der Waals surface area contributed by atoms with Crippen LogP contribution in [0.3, 0.4) is 0 Å². The maximum atomic E-state index is 12.8. The molecule has 0 radical (unpaired) electrons. The third kappa shape index (κ3) is 3.77. The lowest BCUT2D eigenvalue weighted by molar-refractivity contribution is 0.0722. The van der Waals surface area contributed by atoms with Gasteiger partial charge in [-0.1, -0.05) is 12.1 Å². The number of carbonyl (C=O) groups excluding carboxylic acids is 2. The molecule has 0 unspecified atom stereocenters. The van der Waals surface area contributed by atoms with Crippen molar-refractivity contribution in [3.8, 4) is 22.3 Å². The number of nitrogens with zero attached hydrogens (tertiary/aromatic N) is 5. The number of rotatable bonds is 3. The number of pyridine rings is 2. The summed E-state index contributed by atoms with van der Waals surface area (Å²) in [5.41, 5.74) is 6.17. The van der Waals surface area contributed by atoms with Crippen LogP contribution in [0.2, 0.25) is 0 Å². The molecule has 0 spiro atoms. The third-order valence-corrected chi connectivity index (χ3v) is 7.18. The van der Waals surface area contributed by atoms with Crippen LogP contribution in [-0.2, 0) is 6.54 Å². The predicted molar refractivity (Wildman–Crippen MR) is 135 cm³/mol. The second-order valence-corrected chi connectivity index (χ2v) is 9.40. The number of amides is 2. The molecule has 0 bridgehead atoms. The Morgan fingerprint density at radius 1 is 0.857 bits per heavy atom. The summed E-state index contributed by atoms with van der Waals surface area (Å²) in [5.74, 6) is 0.131. The second-order valence-electron chi connectivity index (χ2n) is 9.40. The molecule has 1 fully saturated rings. The van der Waals surface area contributed by atoms with Gasteiger partial charge < -0.3 is 14.4 Å². The van der Waals surface area contributed by atoms with E-state index < -0.39 is 0 Å². The van der Waals surface area contributed by atoms with Gasteiger partial charge in [0.05, 0.1) is 0 Å². The molecule has 2 aliphatic rings. The van der Waals surface area contributed by atoms with Crippen molar-refractivity contribution in [2.45, 2.75) is 25.8 Å². The molecule has 0 saturated carbocycles. The van der Waals surface area contributed by atoms with Crippen molar-refractivity contribution in [2.75, 3.05) is 26.7 Å². The van der Waals surface area contributed by atoms with Crippen LogP contribution >= 0.6 is 0 Å². The van der Waals surface area contributed by atoms with Gasteiger partial charge in [-0.15, -0.1) is 0 Å². The summed E-state index contributed by atoms with van der Waals surface area (Å²) in [7, 11) is 1.83. The lowest BCUT2D eigenvalue weighted by Gasteiger charge is -2.26. The van der Waals surface area contributed by atoms with E-state index in [9.17, 15) is 9.59 Å². The molecule has 7 heteroatoms. The van der Waals surface area contributed by atoms with Gasteiger partial charge in [0, 0.05) is 73.9 Å². The smallest absolute Gasteiger partial charge is 0.270 e. The topological polar surface area (TPSA) is 71.3 Å². The van der Waals surface area contributed by atoms with Gasteiger partial charge in [0.1, 0.15) is 11.3 Å². The van der Waals surface area contributed by atoms with E-state index in [1.54, 1.807) is 11.1 Å². The fourth-order valence-corrected chi connectivity index (χ4v) is 5.18. The molecule has 7 nitrogen and oxygen atoms in total. The highest BCUT2D eigenvalue weighted by atomic mass is 16.2. The van der Waals surface area contributed by atoms with Crippen LogP contribution < -0.4 is 0 Å². The molecule has 0 aliphatic carbocycles. The van der Waals surface area contributed by atoms with E-state index in [2.05, 4.69) is 16.0 Å². The molecule has 1 aromatic carbocycles. The third-order valence-electron chi connectivity index (χ3n) is 7.18. The molecule has 6 rings (SSSR count). The first-order valence-electron chi connectivity index (χ1n) is 12.2. The number of hydrogen-bond donors (Lipinski definition) is 0. The van der Waals surface area contributed by atoms with Gasteiger partial charge in [0.2, 0.25) is 0 Å².